The zero-order valence-electron chi connectivity index (χ0n) is 16.8. The Morgan fingerprint density at radius 3 is 2.38 bits per heavy atom. The summed E-state index contributed by atoms with van der Waals surface area (Å²) in [6.45, 7) is 3.82. The van der Waals surface area contributed by atoms with Crippen molar-refractivity contribution in [3.63, 3.8) is 0 Å². The Morgan fingerprint density at radius 1 is 0.962 bits per heavy atom. The molecule has 1 atom stereocenters. The summed E-state index contributed by atoms with van der Waals surface area (Å²) in [5.41, 5.74) is 1.35. The van der Waals surface area contributed by atoms with Crippen molar-refractivity contribution >= 4 is 0 Å². The van der Waals surface area contributed by atoms with Gasteiger partial charge in [-0.2, -0.15) is 0 Å². The maximum Gasteiger partial charge on any atom is 0.119 e. The normalized spacial score (nSPS) is 16.3. The van der Waals surface area contributed by atoms with Crippen LogP contribution in [0.25, 0.3) is 0 Å². The summed E-state index contributed by atoms with van der Waals surface area (Å²) in [5.74, 6) is 0.969. The van der Waals surface area contributed by atoms with Gasteiger partial charge >= 0.3 is 0 Å². The van der Waals surface area contributed by atoms with Crippen LogP contribution in [0.1, 0.15) is 83.1 Å². The van der Waals surface area contributed by atoms with Gasteiger partial charge in [0.25, 0.3) is 0 Å². The molecule has 1 aromatic carbocycles. The maximum absolute atomic E-state index is 5.75. The van der Waals surface area contributed by atoms with Crippen molar-refractivity contribution in [2.45, 2.75) is 90.1 Å². The summed E-state index contributed by atoms with van der Waals surface area (Å²) in [7, 11) is 0. The van der Waals surface area contributed by atoms with Crippen LogP contribution >= 0.6 is 0 Å². The molecule has 0 N–H and O–H groups in total. The summed E-state index contributed by atoms with van der Waals surface area (Å²) in [4.78, 5) is 0. The Labute approximate surface area is 161 Å². The zero-order valence-corrected chi connectivity index (χ0v) is 16.8. The first kappa shape index (κ1) is 21.0. The van der Waals surface area contributed by atoms with Gasteiger partial charge in [-0.1, -0.05) is 82.6 Å². The van der Waals surface area contributed by atoms with Crippen LogP contribution in [-0.2, 0) is 11.2 Å². The van der Waals surface area contributed by atoms with Crippen LogP contribution in [0.4, 0.5) is 0 Å². The van der Waals surface area contributed by atoms with Crippen molar-refractivity contribution in [3.05, 3.63) is 42.0 Å². The monoisotopic (exact) mass is 358 g/mol. The molecule has 0 radical (unpaired) electrons. The Balaban J connectivity index is 1.43. The quantitative estimate of drug-likeness (QED) is 0.183. The van der Waals surface area contributed by atoms with Crippen molar-refractivity contribution in [3.8, 4) is 5.75 Å². The molecule has 2 rings (SSSR count). The molecule has 0 aliphatic carbocycles. The largest absolute Gasteiger partial charge is 0.491 e. The predicted octanol–water partition coefficient (Wildman–Crippen LogP) is 6.87. The van der Waals surface area contributed by atoms with Crippen molar-refractivity contribution in [2.24, 2.45) is 0 Å². The van der Waals surface area contributed by atoms with Gasteiger partial charge < -0.3 is 9.47 Å². The highest BCUT2D eigenvalue weighted by Gasteiger charge is 2.22. The standard InChI is InChI=1S/C24H38O2/c1-2-3-4-5-6-7-8-9-10-11-12-13-14-16-22-17-15-18-23(19-22)25-20-24-21-26-24/h12-13,15,17-19,24H,2-11,14,16,20-21H2,1H3/b13-12+. The molecule has 1 unspecified atom stereocenters. The minimum atomic E-state index is 0.322. The smallest absolute Gasteiger partial charge is 0.119 e. The molecule has 26 heavy (non-hydrogen) atoms. The van der Waals surface area contributed by atoms with Crippen LogP contribution in [-0.4, -0.2) is 19.3 Å². The summed E-state index contributed by atoms with van der Waals surface area (Å²) in [5, 5.41) is 0. The van der Waals surface area contributed by atoms with Crippen LogP contribution in [0.3, 0.4) is 0 Å². The van der Waals surface area contributed by atoms with Gasteiger partial charge in [0.1, 0.15) is 18.5 Å². The first-order chi connectivity index (χ1) is 12.9. The Hall–Kier alpha value is -1.28. The van der Waals surface area contributed by atoms with E-state index in [4.69, 9.17) is 9.47 Å². The second-order valence-electron chi connectivity index (χ2n) is 7.54. The second kappa shape index (κ2) is 13.9. The molecule has 1 aliphatic heterocycles. The number of hydrogen-bond donors (Lipinski definition) is 0. The molecule has 1 saturated heterocycles. The number of ether oxygens (including phenoxy) is 2. The fraction of sp³-hybridized carbons (Fsp3) is 0.667. The number of aryl methyl sites for hydroxylation is 1. The van der Waals surface area contributed by atoms with Gasteiger partial charge in [-0.3, -0.25) is 0 Å². The van der Waals surface area contributed by atoms with Crippen LogP contribution in [0.5, 0.6) is 5.75 Å². The van der Waals surface area contributed by atoms with Crippen LogP contribution in [0, 0.1) is 0 Å². The molecule has 0 bridgehead atoms. The Morgan fingerprint density at radius 2 is 1.65 bits per heavy atom. The van der Waals surface area contributed by atoms with Crippen molar-refractivity contribution in [1.82, 2.24) is 0 Å². The molecule has 1 heterocycles. The van der Waals surface area contributed by atoms with Crippen molar-refractivity contribution in [2.75, 3.05) is 13.2 Å². The lowest BCUT2D eigenvalue weighted by molar-refractivity contribution is 0.263. The third-order valence-corrected chi connectivity index (χ3v) is 4.98. The average Bonchev–Trinajstić information content (AvgIpc) is 3.49. The van der Waals surface area contributed by atoms with E-state index in [-0.39, 0.29) is 0 Å². The minimum Gasteiger partial charge on any atom is -0.491 e. The SMILES string of the molecule is CCCCCCCCCCC/C=C/CCc1cccc(OCC2CO2)c1. The van der Waals surface area contributed by atoms with Gasteiger partial charge in [0.05, 0.1) is 6.61 Å². The summed E-state index contributed by atoms with van der Waals surface area (Å²) in [6.07, 6.45) is 21.1. The van der Waals surface area contributed by atoms with Gasteiger partial charge in [0, 0.05) is 0 Å². The summed E-state index contributed by atoms with van der Waals surface area (Å²) < 4.78 is 10.9. The Kier molecular flexibility index (Phi) is 11.2. The number of rotatable bonds is 16. The lowest BCUT2D eigenvalue weighted by atomic mass is 10.1. The lowest BCUT2D eigenvalue weighted by Gasteiger charge is -2.06. The van der Waals surface area contributed by atoms with Crippen LogP contribution in [0.15, 0.2) is 36.4 Å². The fourth-order valence-corrected chi connectivity index (χ4v) is 3.20. The highest BCUT2D eigenvalue weighted by molar-refractivity contribution is 5.28. The van der Waals surface area contributed by atoms with E-state index in [1.54, 1.807) is 0 Å². The third kappa shape index (κ3) is 10.7. The highest BCUT2D eigenvalue weighted by Crippen LogP contribution is 2.17. The molecule has 146 valence electrons. The van der Waals surface area contributed by atoms with E-state index >= 15 is 0 Å². The molecule has 2 nitrogen and oxygen atoms in total. The predicted molar refractivity (Wildman–Crippen MR) is 111 cm³/mol. The first-order valence-electron chi connectivity index (χ1n) is 10.9. The number of unbranched alkanes of at least 4 members (excludes halogenated alkanes) is 9. The van der Waals surface area contributed by atoms with E-state index in [0.717, 1.165) is 25.2 Å². The van der Waals surface area contributed by atoms with E-state index in [2.05, 4.69) is 37.3 Å². The molecule has 1 fully saturated rings. The molecule has 1 aliphatic rings. The molecule has 1 aromatic rings. The molecule has 2 heteroatoms. The van der Waals surface area contributed by atoms with Crippen LogP contribution in [0.2, 0.25) is 0 Å². The van der Waals surface area contributed by atoms with E-state index < -0.39 is 0 Å². The average molecular weight is 359 g/mol. The topological polar surface area (TPSA) is 21.8 Å². The van der Waals surface area contributed by atoms with E-state index in [1.807, 2.05) is 6.07 Å². The zero-order chi connectivity index (χ0) is 18.3. The summed E-state index contributed by atoms with van der Waals surface area (Å²) >= 11 is 0. The number of allylic oxidation sites excluding steroid dienone is 2. The summed E-state index contributed by atoms with van der Waals surface area (Å²) in [6, 6.07) is 8.47. The van der Waals surface area contributed by atoms with Gasteiger partial charge in [-0.05, 0) is 43.4 Å². The molecular weight excluding hydrogens is 320 g/mol. The van der Waals surface area contributed by atoms with Crippen molar-refractivity contribution in [1.29, 1.82) is 0 Å². The van der Waals surface area contributed by atoms with Gasteiger partial charge in [-0.25, -0.2) is 0 Å². The molecule has 0 amide bonds. The van der Waals surface area contributed by atoms with Crippen LogP contribution < -0.4 is 4.74 Å². The van der Waals surface area contributed by atoms with Gasteiger partial charge in [-0.15, -0.1) is 0 Å². The van der Waals surface area contributed by atoms with E-state index in [9.17, 15) is 0 Å². The molecule has 0 spiro atoms. The third-order valence-electron chi connectivity index (χ3n) is 4.98. The minimum absolute atomic E-state index is 0.322. The Bertz CT molecular complexity index is 491. The van der Waals surface area contributed by atoms with E-state index in [1.165, 1.54) is 69.8 Å². The second-order valence-corrected chi connectivity index (χ2v) is 7.54. The molecular formula is C24H38O2. The lowest BCUT2D eigenvalue weighted by Crippen LogP contribution is -2.04. The number of benzene rings is 1. The van der Waals surface area contributed by atoms with Gasteiger partial charge in [0.15, 0.2) is 0 Å². The van der Waals surface area contributed by atoms with Gasteiger partial charge in [0.2, 0.25) is 0 Å². The van der Waals surface area contributed by atoms with E-state index in [0.29, 0.717) is 12.7 Å². The maximum atomic E-state index is 5.75. The molecule has 0 saturated carbocycles. The number of epoxide rings is 1. The highest BCUT2D eigenvalue weighted by atomic mass is 16.6. The first-order valence-corrected chi connectivity index (χ1v) is 10.9. The fourth-order valence-electron chi connectivity index (χ4n) is 3.20. The molecule has 0 aromatic heterocycles. The van der Waals surface area contributed by atoms with Crippen molar-refractivity contribution < 1.29 is 9.47 Å². The number of hydrogen-bond acceptors (Lipinski definition) is 2.